The molecule has 148 valence electrons. The van der Waals surface area contributed by atoms with Crippen LogP contribution < -0.4 is 20.9 Å². The molecule has 0 atom stereocenters. The number of hydrogen-bond donors (Lipinski definition) is 3. The molecule has 1 heterocycles. The quantitative estimate of drug-likeness (QED) is 0.715. The fourth-order valence-electron chi connectivity index (χ4n) is 3.32. The molecule has 0 bridgehead atoms. The number of amides is 3. The maximum absolute atomic E-state index is 12.7. The summed E-state index contributed by atoms with van der Waals surface area (Å²) in [4.78, 5) is 27.2. The Balaban J connectivity index is 1.72. The highest BCUT2D eigenvalue weighted by Crippen LogP contribution is 2.27. The van der Waals surface area contributed by atoms with Gasteiger partial charge in [-0.25, -0.2) is 4.79 Å². The first-order chi connectivity index (χ1) is 13.5. The standard InChI is InChI=1S/C22H28N4O2/c1-16(2)24-21(27)19-14-18(10-11-20(19)26-12-6-7-13-26)25-22(28)23-15-17-8-4-3-5-9-17/h3-5,8-11,14,16H,6-7,12-13,15H2,1-2H3,(H,24,27)(H2,23,25,28). The van der Waals surface area contributed by atoms with E-state index in [1.54, 1.807) is 6.07 Å². The minimum Gasteiger partial charge on any atom is -0.371 e. The monoisotopic (exact) mass is 380 g/mol. The number of carbonyl (C=O) groups excluding carboxylic acids is 2. The maximum Gasteiger partial charge on any atom is 0.319 e. The second-order valence-electron chi connectivity index (χ2n) is 7.35. The molecule has 2 aromatic carbocycles. The van der Waals surface area contributed by atoms with Crippen LogP contribution in [0.1, 0.15) is 42.6 Å². The van der Waals surface area contributed by atoms with Gasteiger partial charge in [0.05, 0.1) is 5.56 Å². The smallest absolute Gasteiger partial charge is 0.319 e. The molecule has 3 N–H and O–H groups in total. The molecule has 6 heteroatoms. The first-order valence-corrected chi connectivity index (χ1v) is 9.81. The van der Waals surface area contributed by atoms with Gasteiger partial charge in [0.1, 0.15) is 0 Å². The Kier molecular flexibility index (Phi) is 6.53. The molecule has 0 radical (unpaired) electrons. The number of benzene rings is 2. The van der Waals surface area contributed by atoms with E-state index in [-0.39, 0.29) is 18.0 Å². The summed E-state index contributed by atoms with van der Waals surface area (Å²) in [6, 6.07) is 15.0. The van der Waals surface area contributed by atoms with Gasteiger partial charge < -0.3 is 20.9 Å². The van der Waals surface area contributed by atoms with Gasteiger partial charge in [-0.2, -0.15) is 0 Å². The van der Waals surface area contributed by atoms with E-state index in [1.165, 1.54) is 0 Å². The summed E-state index contributed by atoms with van der Waals surface area (Å²) in [5.74, 6) is -0.120. The molecule has 3 rings (SSSR count). The molecule has 0 spiro atoms. The van der Waals surface area contributed by atoms with Crippen molar-refractivity contribution in [1.29, 1.82) is 0 Å². The second kappa shape index (κ2) is 9.26. The lowest BCUT2D eigenvalue weighted by Gasteiger charge is -2.22. The lowest BCUT2D eigenvalue weighted by Crippen LogP contribution is -2.32. The summed E-state index contributed by atoms with van der Waals surface area (Å²) in [6.45, 7) is 6.22. The molecule has 0 aromatic heterocycles. The molecule has 1 aliphatic heterocycles. The summed E-state index contributed by atoms with van der Waals surface area (Å²) < 4.78 is 0. The van der Waals surface area contributed by atoms with E-state index in [0.29, 0.717) is 17.8 Å². The largest absolute Gasteiger partial charge is 0.371 e. The first kappa shape index (κ1) is 19.7. The molecule has 6 nitrogen and oxygen atoms in total. The van der Waals surface area contributed by atoms with E-state index in [1.807, 2.05) is 56.3 Å². The third-order valence-corrected chi connectivity index (χ3v) is 4.66. The van der Waals surface area contributed by atoms with Gasteiger partial charge >= 0.3 is 6.03 Å². The van der Waals surface area contributed by atoms with Crippen LogP contribution in [0, 0.1) is 0 Å². The lowest BCUT2D eigenvalue weighted by atomic mass is 10.1. The lowest BCUT2D eigenvalue weighted by molar-refractivity contribution is 0.0943. The number of hydrogen-bond acceptors (Lipinski definition) is 3. The second-order valence-corrected chi connectivity index (χ2v) is 7.35. The van der Waals surface area contributed by atoms with Gasteiger partial charge in [0.2, 0.25) is 0 Å². The van der Waals surface area contributed by atoms with Crippen molar-refractivity contribution in [1.82, 2.24) is 10.6 Å². The van der Waals surface area contributed by atoms with Gasteiger partial charge in [0.25, 0.3) is 5.91 Å². The van der Waals surface area contributed by atoms with Crippen LogP contribution in [0.3, 0.4) is 0 Å². The zero-order chi connectivity index (χ0) is 19.9. The summed E-state index contributed by atoms with van der Waals surface area (Å²) in [5, 5.41) is 8.62. The molecule has 2 aromatic rings. The number of nitrogens with zero attached hydrogens (tertiary/aromatic N) is 1. The Morgan fingerprint density at radius 2 is 1.75 bits per heavy atom. The molecule has 3 amide bonds. The van der Waals surface area contributed by atoms with Crippen molar-refractivity contribution >= 4 is 23.3 Å². The third kappa shape index (κ3) is 5.25. The summed E-state index contributed by atoms with van der Waals surface area (Å²) in [5.41, 5.74) is 3.14. The van der Waals surface area contributed by atoms with Gasteiger partial charge in [0, 0.05) is 37.1 Å². The summed E-state index contributed by atoms with van der Waals surface area (Å²) >= 11 is 0. The molecule has 0 saturated carbocycles. The van der Waals surface area contributed by atoms with E-state index in [2.05, 4.69) is 20.9 Å². The Morgan fingerprint density at radius 1 is 1.04 bits per heavy atom. The van der Waals surface area contributed by atoms with Crippen LogP contribution in [-0.2, 0) is 6.54 Å². The van der Waals surface area contributed by atoms with Crippen LogP contribution in [0.5, 0.6) is 0 Å². The van der Waals surface area contributed by atoms with E-state index < -0.39 is 0 Å². The molecule has 1 aliphatic rings. The van der Waals surface area contributed by atoms with Crippen LogP contribution >= 0.6 is 0 Å². The summed E-state index contributed by atoms with van der Waals surface area (Å²) in [7, 11) is 0. The van der Waals surface area contributed by atoms with Crippen LogP contribution in [0.15, 0.2) is 48.5 Å². The fourth-order valence-corrected chi connectivity index (χ4v) is 3.32. The molecular formula is C22H28N4O2. The number of carbonyl (C=O) groups is 2. The zero-order valence-corrected chi connectivity index (χ0v) is 16.5. The third-order valence-electron chi connectivity index (χ3n) is 4.66. The molecule has 0 unspecified atom stereocenters. The van der Waals surface area contributed by atoms with Gasteiger partial charge in [-0.3, -0.25) is 4.79 Å². The van der Waals surface area contributed by atoms with E-state index in [9.17, 15) is 9.59 Å². The van der Waals surface area contributed by atoms with Gasteiger partial charge in [-0.05, 0) is 50.5 Å². The van der Waals surface area contributed by atoms with E-state index in [0.717, 1.165) is 37.2 Å². The Hall–Kier alpha value is -3.02. The van der Waals surface area contributed by atoms with Crippen LogP contribution in [0.25, 0.3) is 0 Å². The fraction of sp³-hybridized carbons (Fsp3) is 0.364. The SMILES string of the molecule is CC(C)NC(=O)c1cc(NC(=O)NCc2ccccc2)ccc1N1CCCC1. The van der Waals surface area contributed by atoms with Gasteiger partial charge in [-0.1, -0.05) is 30.3 Å². The maximum atomic E-state index is 12.7. The minimum absolute atomic E-state index is 0.0460. The highest BCUT2D eigenvalue weighted by molar-refractivity contribution is 6.02. The molecular weight excluding hydrogens is 352 g/mol. The summed E-state index contributed by atoms with van der Waals surface area (Å²) in [6.07, 6.45) is 2.26. The Morgan fingerprint density at radius 3 is 2.43 bits per heavy atom. The first-order valence-electron chi connectivity index (χ1n) is 9.81. The van der Waals surface area contributed by atoms with Crippen LogP contribution in [0.4, 0.5) is 16.2 Å². The van der Waals surface area contributed by atoms with E-state index >= 15 is 0 Å². The van der Waals surface area contributed by atoms with Gasteiger partial charge in [-0.15, -0.1) is 0 Å². The number of rotatable bonds is 6. The highest BCUT2D eigenvalue weighted by Gasteiger charge is 2.20. The zero-order valence-electron chi connectivity index (χ0n) is 16.5. The predicted octanol–water partition coefficient (Wildman–Crippen LogP) is 3.75. The minimum atomic E-state index is -0.298. The number of anilines is 2. The number of urea groups is 1. The van der Waals surface area contributed by atoms with Crippen molar-refractivity contribution in [2.24, 2.45) is 0 Å². The predicted molar refractivity (Wildman–Crippen MR) is 113 cm³/mol. The Labute approximate surface area is 166 Å². The van der Waals surface area contributed by atoms with E-state index in [4.69, 9.17) is 0 Å². The van der Waals surface area contributed by atoms with Crippen molar-refractivity contribution in [2.75, 3.05) is 23.3 Å². The topological polar surface area (TPSA) is 73.5 Å². The average Bonchev–Trinajstić information content (AvgIpc) is 3.21. The molecule has 0 aliphatic carbocycles. The van der Waals surface area contributed by atoms with Crippen LogP contribution in [0.2, 0.25) is 0 Å². The van der Waals surface area contributed by atoms with Crippen molar-refractivity contribution < 1.29 is 9.59 Å². The average molecular weight is 380 g/mol. The number of nitrogens with one attached hydrogen (secondary N) is 3. The van der Waals surface area contributed by atoms with Gasteiger partial charge in [0.15, 0.2) is 0 Å². The highest BCUT2D eigenvalue weighted by atomic mass is 16.2. The molecule has 28 heavy (non-hydrogen) atoms. The van der Waals surface area contributed by atoms with Crippen molar-refractivity contribution in [3.8, 4) is 0 Å². The molecule has 1 saturated heterocycles. The Bertz CT molecular complexity index is 815. The molecule has 1 fully saturated rings. The van der Waals surface area contributed by atoms with Crippen LogP contribution in [-0.4, -0.2) is 31.1 Å². The van der Waals surface area contributed by atoms with Crippen molar-refractivity contribution in [3.05, 3.63) is 59.7 Å². The van der Waals surface area contributed by atoms with Crippen molar-refractivity contribution in [2.45, 2.75) is 39.3 Å². The normalized spacial score (nSPS) is 13.5. The van der Waals surface area contributed by atoms with Crippen molar-refractivity contribution in [3.63, 3.8) is 0 Å².